The van der Waals surface area contributed by atoms with Crippen LogP contribution in [0.5, 0.6) is 0 Å². The number of hydrogen-bond acceptors (Lipinski definition) is 3. The van der Waals surface area contributed by atoms with Crippen LogP contribution in [0.2, 0.25) is 0 Å². The molecule has 0 bridgehead atoms. The molecule has 0 atom stereocenters. The zero-order valence-electron chi connectivity index (χ0n) is 10.9. The molecule has 1 N–H and O–H groups in total. The highest BCUT2D eigenvalue weighted by Gasteiger charge is 2.27. The number of methoxy groups -OCH3 is 1. The van der Waals surface area contributed by atoms with Gasteiger partial charge in [0.15, 0.2) is 0 Å². The third-order valence-electron chi connectivity index (χ3n) is 3.07. The Morgan fingerprint density at radius 1 is 1.16 bits per heavy atom. The van der Waals surface area contributed by atoms with E-state index in [-0.39, 0.29) is 0 Å². The van der Waals surface area contributed by atoms with E-state index in [9.17, 15) is 8.42 Å². The fourth-order valence-corrected chi connectivity index (χ4v) is 2.94. The minimum atomic E-state index is -3.47. The lowest BCUT2D eigenvalue weighted by molar-refractivity contribution is 0.0894. The van der Waals surface area contributed by atoms with Crippen molar-refractivity contribution < 1.29 is 13.2 Å². The van der Waals surface area contributed by atoms with Gasteiger partial charge < -0.3 is 4.74 Å². The number of hydrogen-bond donors (Lipinski definition) is 1. The minimum absolute atomic E-state index is 0.529. The van der Waals surface area contributed by atoms with Gasteiger partial charge in [-0.2, -0.15) is 0 Å². The first-order valence-corrected chi connectivity index (χ1v) is 7.50. The van der Waals surface area contributed by atoms with Crippen LogP contribution >= 0.6 is 0 Å². The molecule has 5 heteroatoms. The maximum atomic E-state index is 12.2. The average molecular weight is 279 g/mol. The molecule has 0 saturated heterocycles. The van der Waals surface area contributed by atoms with Crippen LogP contribution in [-0.2, 0) is 14.8 Å². The summed E-state index contributed by atoms with van der Waals surface area (Å²) in [7, 11) is -1.88. The molecule has 102 valence electrons. The first-order valence-electron chi connectivity index (χ1n) is 5.96. The van der Waals surface area contributed by atoms with Gasteiger partial charge in [-0.25, -0.2) is 8.42 Å². The van der Waals surface area contributed by atoms with Crippen LogP contribution in [0.1, 0.15) is 6.92 Å². The molecule has 0 amide bonds. The number of rotatable bonds is 4. The van der Waals surface area contributed by atoms with Gasteiger partial charge in [0.05, 0.1) is 0 Å². The van der Waals surface area contributed by atoms with Crippen LogP contribution in [0.4, 0.5) is 5.69 Å². The van der Waals surface area contributed by atoms with Crippen molar-refractivity contribution in [3.05, 3.63) is 54.6 Å². The molecular weight excluding hydrogens is 262 g/mol. The van der Waals surface area contributed by atoms with E-state index in [1.54, 1.807) is 55.7 Å². The van der Waals surface area contributed by atoms with Gasteiger partial charge in [-0.05, 0) is 19.1 Å². The Kier molecular flexibility index (Phi) is 3.78. The van der Waals surface area contributed by atoms with Gasteiger partial charge in [0.2, 0.25) is 10.0 Å². The van der Waals surface area contributed by atoms with Crippen molar-refractivity contribution in [1.82, 2.24) is 0 Å². The molecule has 0 spiro atoms. The summed E-state index contributed by atoms with van der Waals surface area (Å²) in [5.74, 6) is 0. The van der Waals surface area contributed by atoms with Gasteiger partial charge in [0.25, 0.3) is 0 Å². The largest absolute Gasteiger partial charge is 0.370 e. The van der Waals surface area contributed by atoms with Gasteiger partial charge in [-0.1, -0.05) is 42.5 Å². The van der Waals surface area contributed by atoms with E-state index in [1.807, 2.05) is 13.0 Å². The molecule has 0 fully saturated rings. The number of sulfonamides is 1. The van der Waals surface area contributed by atoms with E-state index in [1.165, 1.54) is 0 Å². The summed E-state index contributed by atoms with van der Waals surface area (Å²) in [5, 5.41) is -0.684. The summed E-state index contributed by atoms with van der Waals surface area (Å²) in [6, 6.07) is 8.83. The van der Waals surface area contributed by atoms with E-state index >= 15 is 0 Å². The van der Waals surface area contributed by atoms with Crippen LogP contribution in [0.3, 0.4) is 0 Å². The molecule has 0 aromatic heterocycles. The van der Waals surface area contributed by atoms with E-state index in [2.05, 4.69) is 4.72 Å². The van der Waals surface area contributed by atoms with E-state index in [0.29, 0.717) is 5.69 Å². The lowest BCUT2D eigenvalue weighted by atomic mass is 10.0. The fourth-order valence-electron chi connectivity index (χ4n) is 1.77. The van der Waals surface area contributed by atoms with Crippen LogP contribution in [0, 0.1) is 0 Å². The Morgan fingerprint density at radius 2 is 1.74 bits per heavy atom. The molecule has 19 heavy (non-hydrogen) atoms. The second-order valence-electron chi connectivity index (χ2n) is 4.58. The highest BCUT2D eigenvalue weighted by molar-refractivity contribution is 7.93. The summed E-state index contributed by atoms with van der Waals surface area (Å²) in [6.45, 7) is 1.87. The van der Waals surface area contributed by atoms with Crippen molar-refractivity contribution in [1.29, 1.82) is 0 Å². The molecule has 1 aromatic carbocycles. The van der Waals surface area contributed by atoms with Crippen LogP contribution in [0.25, 0.3) is 0 Å². The Morgan fingerprint density at radius 3 is 2.26 bits per heavy atom. The van der Waals surface area contributed by atoms with Crippen LogP contribution in [0.15, 0.2) is 54.6 Å². The average Bonchev–Trinajstić information content (AvgIpc) is 2.40. The molecular formula is C14H17NO3S. The zero-order chi connectivity index (χ0) is 13.9. The second kappa shape index (κ2) is 5.19. The Labute approximate surface area is 113 Å². The maximum absolute atomic E-state index is 12.2. The summed E-state index contributed by atoms with van der Waals surface area (Å²) in [4.78, 5) is 0. The monoisotopic (exact) mass is 279 g/mol. The molecule has 0 heterocycles. The summed E-state index contributed by atoms with van der Waals surface area (Å²) in [6.07, 6.45) is 6.77. The standard InChI is InChI=1S/C14H17NO3S/c1-14(18-2)10-8-13(9-11-14)19(16,17)15-12-6-4-3-5-7-12/h3-11,13,15H,1-2H3. The molecule has 0 aliphatic heterocycles. The van der Waals surface area contributed by atoms with Crippen molar-refractivity contribution in [2.45, 2.75) is 17.8 Å². The van der Waals surface area contributed by atoms with E-state index in [4.69, 9.17) is 4.74 Å². The Balaban J connectivity index is 2.15. The van der Waals surface area contributed by atoms with Crippen molar-refractivity contribution >= 4 is 15.7 Å². The zero-order valence-corrected chi connectivity index (χ0v) is 11.7. The number of ether oxygens (including phenoxy) is 1. The summed E-state index contributed by atoms with van der Waals surface area (Å²) >= 11 is 0. The van der Waals surface area contributed by atoms with Crippen LogP contribution in [-0.4, -0.2) is 26.4 Å². The third kappa shape index (κ3) is 3.24. The lowest BCUT2D eigenvalue weighted by Crippen LogP contribution is -2.31. The van der Waals surface area contributed by atoms with Crippen molar-refractivity contribution in [2.75, 3.05) is 11.8 Å². The molecule has 1 aromatic rings. The SMILES string of the molecule is COC1(C)C=CC(S(=O)(=O)Nc2ccccc2)C=C1. The number of benzene rings is 1. The highest BCUT2D eigenvalue weighted by Crippen LogP contribution is 2.22. The number of nitrogens with one attached hydrogen (secondary N) is 1. The van der Waals surface area contributed by atoms with E-state index in [0.717, 1.165) is 0 Å². The smallest absolute Gasteiger partial charge is 0.242 e. The molecule has 2 rings (SSSR count). The predicted molar refractivity (Wildman–Crippen MR) is 76.5 cm³/mol. The molecule has 4 nitrogen and oxygen atoms in total. The van der Waals surface area contributed by atoms with Gasteiger partial charge in [-0.3, -0.25) is 4.72 Å². The van der Waals surface area contributed by atoms with Crippen LogP contribution < -0.4 is 4.72 Å². The quantitative estimate of drug-likeness (QED) is 0.861. The van der Waals surface area contributed by atoms with Crippen molar-refractivity contribution in [2.24, 2.45) is 0 Å². The molecule has 1 aliphatic carbocycles. The second-order valence-corrected chi connectivity index (χ2v) is 6.42. The Hall–Kier alpha value is -1.59. The molecule has 0 radical (unpaired) electrons. The normalized spacial score (nSPS) is 26.3. The van der Waals surface area contributed by atoms with E-state index < -0.39 is 20.9 Å². The van der Waals surface area contributed by atoms with Gasteiger partial charge in [-0.15, -0.1) is 0 Å². The van der Waals surface area contributed by atoms with Crippen molar-refractivity contribution in [3.8, 4) is 0 Å². The van der Waals surface area contributed by atoms with Gasteiger partial charge >= 0.3 is 0 Å². The summed E-state index contributed by atoms with van der Waals surface area (Å²) in [5.41, 5.74) is 0.0306. The highest BCUT2D eigenvalue weighted by atomic mass is 32.2. The predicted octanol–water partition coefficient (Wildman–Crippen LogP) is 2.33. The first kappa shape index (κ1) is 13.8. The fraction of sp³-hybridized carbons (Fsp3) is 0.286. The number of anilines is 1. The Bertz CT molecular complexity index is 576. The topological polar surface area (TPSA) is 55.4 Å². The molecule has 0 unspecified atom stereocenters. The number of para-hydroxylation sites is 1. The van der Waals surface area contributed by atoms with Gasteiger partial charge in [0.1, 0.15) is 10.9 Å². The van der Waals surface area contributed by atoms with Gasteiger partial charge in [0, 0.05) is 12.8 Å². The summed E-state index contributed by atoms with van der Waals surface area (Å²) < 4.78 is 32.2. The molecule has 0 saturated carbocycles. The first-order chi connectivity index (χ1) is 8.95. The molecule has 1 aliphatic rings. The van der Waals surface area contributed by atoms with Crippen molar-refractivity contribution in [3.63, 3.8) is 0 Å². The maximum Gasteiger partial charge on any atom is 0.242 e. The lowest BCUT2D eigenvalue weighted by Gasteiger charge is -2.25. The third-order valence-corrected chi connectivity index (χ3v) is 4.62. The minimum Gasteiger partial charge on any atom is -0.370 e.